The van der Waals surface area contributed by atoms with Crippen molar-refractivity contribution in [3.8, 4) is 0 Å². The van der Waals surface area contributed by atoms with Crippen LogP contribution in [0.15, 0.2) is 22.4 Å². The molecular formula is C11H15N7S. The molecule has 0 radical (unpaired) electrons. The molecule has 2 aromatic heterocycles. The molecule has 0 amide bonds. The molecule has 0 spiro atoms. The Morgan fingerprint density at radius 3 is 2.95 bits per heavy atom. The van der Waals surface area contributed by atoms with Crippen molar-refractivity contribution >= 4 is 11.8 Å². The van der Waals surface area contributed by atoms with E-state index >= 15 is 0 Å². The van der Waals surface area contributed by atoms with Crippen molar-refractivity contribution in [1.82, 2.24) is 30.4 Å². The van der Waals surface area contributed by atoms with Crippen molar-refractivity contribution in [1.29, 1.82) is 0 Å². The fraction of sp³-hybridized carbons (Fsp3) is 0.545. The molecule has 0 bridgehead atoms. The van der Waals surface area contributed by atoms with E-state index < -0.39 is 0 Å². The van der Waals surface area contributed by atoms with Crippen LogP contribution in [0.25, 0.3) is 0 Å². The lowest BCUT2D eigenvalue weighted by molar-refractivity contribution is 0.423. The number of hydrogen-bond acceptors (Lipinski definition) is 7. The highest BCUT2D eigenvalue weighted by molar-refractivity contribution is 7.99. The van der Waals surface area contributed by atoms with Crippen LogP contribution in [-0.4, -0.2) is 30.4 Å². The zero-order valence-electron chi connectivity index (χ0n) is 10.4. The van der Waals surface area contributed by atoms with Crippen LogP contribution in [0.4, 0.5) is 0 Å². The van der Waals surface area contributed by atoms with Crippen LogP contribution in [0.3, 0.4) is 0 Å². The first-order chi connectivity index (χ1) is 9.38. The maximum atomic E-state index is 5.70. The number of nitrogens with two attached hydrogens (primary N) is 1. The van der Waals surface area contributed by atoms with Crippen LogP contribution in [0.5, 0.6) is 0 Å². The van der Waals surface area contributed by atoms with Crippen molar-refractivity contribution in [2.24, 2.45) is 5.73 Å². The Balaban J connectivity index is 1.85. The topological polar surface area (TPSA) is 95.4 Å². The lowest BCUT2D eigenvalue weighted by Gasteiger charge is -2.11. The highest BCUT2D eigenvalue weighted by Gasteiger charge is 2.22. The monoisotopic (exact) mass is 277 g/mol. The molecule has 0 atom stereocenters. The molecule has 1 fully saturated rings. The Kier molecular flexibility index (Phi) is 3.69. The molecule has 2 N–H and O–H groups in total. The van der Waals surface area contributed by atoms with Gasteiger partial charge in [-0.05, 0) is 41.1 Å². The Labute approximate surface area is 115 Å². The third kappa shape index (κ3) is 2.59. The maximum Gasteiger partial charge on any atom is 0.215 e. The molecule has 1 aliphatic rings. The zero-order chi connectivity index (χ0) is 13.1. The zero-order valence-corrected chi connectivity index (χ0v) is 11.3. The first-order valence-electron chi connectivity index (χ1n) is 6.35. The Hall–Kier alpha value is -1.54. The summed E-state index contributed by atoms with van der Waals surface area (Å²) in [5.74, 6) is 0. The van der Waals surface area contributed by atoms with Gasteiger partial charge in [0.15, 0.2) is 0 Å². The quantitative estimate of drug-likeness (QED) is 0.896. The molecule has 0 saturated heterocycles. The van der Waals surface area contributed by atoms with Crippen LogP contribution in [0.1, 0.15) is 37.3 Å². The van der Waals surface area contributed by atoms with Crippen molar-refractivity contribution in [2.45, 2.75) is 48.5 Å². The average molecular weight is 277 g/mol. The van der Waals surface area contributed by atoms with E-state index in [0.717, 1.165) is 28.6 Å². The lowest BCUT2D eigenvalue weighted by Crippen LogP contribution is -2.09. The van der Waals surface area contributed by atoms with Gasteiger partial charge in [-0.15, -0.1) is 10.2 Å². The second-order valence-electron chi connectivity index (χ2n) is 4.51. The van der Waals surface area contributed by atoms with Crippen LogP contribution in [-0.2, 0) is 6.54 Å². The van der Waals surface area contributed by atoms with E-state index in [1.54, 1.807) is 6.20 Å². The summed E-state index contributed by atoms with van der Waals surface area (Å²) in [7, 11) is 0. The van der Waals surface area contributed by atoms with E-state index in [4.69, 9.17) is 5.73 Å². The van der Waals surface area contributed by atoms with Crippen molar-refractivity contribution in [2.75, 3.05) is 0 Å². The average Bonchev–Trinajstić information content (AvgIpc) is 3.09. The smallest absolute Gasteiger partial charge is 0.215 e. The van der Waals surface area contributed by atoms with E-state index in [1.165, 1.54) is 24.6 Å². The minimum atomic E-state index is 0.412. The second kappa shape index (κ2) is 5.62. The van der Waals surface area contributed by atoms with E-state index in [1.807, 2.05) is 10.7 Å². The first kappa shape index (κ1) is 12.5. The lowest BCUT2D eigenvalue weighted by atomic mass is 10.3. The number of nitrogens with zero attached hydrogens (tertiary/aromatic N) is 6. The summed E-state index contributed by atoms with van der Waals surface area (Å²) < 4.78 is 1.91. The number of tetrazole rings is 1. The summed E-state index contributed by atoms with van der Waals surface area (Å²) >= 11 is 1.43. The molecule has 2 heterocycles. The van der Waals surface area contributed by atoms with Crippen LogP contribution in [0.2, 0.25) is 0 Å². The Bertz CT molecular complexity index is 549. The largest absolute Gasteiger partial charge is 0.326 e. The summed E-state index contributed by atoms with van der Waals surface area (Å²) in [5.41, 5.74) is 6.66. The molecule has 19 heavy (non-hydrogen) atoms. The van der Waals surface area contributed by atoms with Gasteiger partial charge in [0.25, 0.3) is 0 Å². The van der Waals surface area contributed by atoms with E-state index in [-0.39, 0.29) is 0 Å². The van der Waals surface area contributed by atoms with Gasteiger partial charge in [0.2, 0.25) is 5.16 Å². The predicted octanol–water partition coefficient (Wildman–Crippen LogP) is 1.19. The van der Waals surface area contributed by atoms with Gasteiger partial charge >= 0.3 is 0 Å². The second-order valence-corrected chi connectivity index (χ2v) is 5.47. The van der Waals surface area contributed by atoms with Gasteiger partial charge in [0.05, 0.1) is 6.04 Å². The standard InChI is InChI=1S/C11H15N7S/c12-7-8-5-6-13-14-10(8)19-11-15-16-17-18(11)9-3-1-2-4-9/h5-6,9H,1-4,7,12H2. The molecule has 8 heteroatoms. The van der Waals surface area contributed by atoms with Crippen molar-refractivity contribution in [3.05, 3.63) is 17.8 Å². The minimum absolute atomic E-state index is 0.412. The summed E-state index contributed by atoms with van der Waals surface area (Å²) in [4.78, 5) is 0. The Morgan fingerprint density at radius 1 is 1.32 bits per heavy atom. The number of rotatable bonds is 4. The predicted molar refractivity (Wildman–Crippen MR) is 69.4 cm³/mol. The van der Waals surface area contributed by atoms with E-state index in [0.29, 0.717) is 12.6 Å². The van der Waals surface area contributed by atoms with Crippen LogP contribution >= 0.6 is 11.8 Å². The van der Waals surface area contributed by atoms with Gasteiger partial charge in [-0.25, -0.2) is 4.68 Å². The number of aromatic nitrogens is 6. The molecule has 0 aromatic carbocycles. The van der Waals surface area contributed by atoms with Gasteiger partial charge in [-0.1, -0.05) is 12.8 Å². The van der Waals surface area contributed by atoms with Gasteiger partial charge in [-0.2, -0.15) is 5.10 Å². The summed E-state index contributed by atoms with van der Waals surface area (Å²) in [5, 5.41) is 21.5. The van der Waals surface area contributed by atoms with Crippen LogP contribution < -0.4 is 5.73 Å². The highest BCUT2D eigenvalue weighted by atomic mass is 32.2. The first-order valence-corrected chi connectivity index (χ1v) is 7.16. The minimum Gasteiger partial charge on any atom is -0.326 e. The fourth-order valence-electron chi connectivity index (χ4n) is 2.30. The molecule has 2 aromatic rings. The SMILES string of the molecule is NCc1ccnnc1Sc1nnnn1C1CCCC1. The molecule has 7 nitrogen and oxygen atoms in total. The molecular weight excluding hydrogens is 262 g/mol. The molecule has 0 unspecified atom stereocenters. The van der Waals surface area contributed by atoms with Crippen molar-refractivity contribution in [3.63, 3.8) is 0 Å². The van der Waals surface area contributed by atoms with Crippen LogP contribution in [0, 0.1) is 0 Å². The van der Waals surface area contributed by atoms with Gasteiger partial charge < -0.3 is 5.73 Å². The molecule has 1 saturated carbocycles. The van der Waals surface area contributed by atoms with Gasteiger partial charge in [0.1, 0.15) is 5.03 Å². The third-order valence-electron chi connectivity index (χ3n) is 3.31. The fourth-order valence-corrected chi connectivity index (χ4v) is 3.20. The molecule has 0 aliphatic heterocycles. The summed E-state index contributed by atoms with van der Waals surface area (Å²) in [6.45, 7) is 0.433. The van der Waals surface area contributed by atoms with Crippen molar-refractivity contribution < 1.29 is 0 Å². The Morgan fingerprint density at radius 2 is 2.16 bits per heavy atom. The molecule has 100 valence electrons. The summed E-state index contributed by atoms with van der Waals surface area (Å²) in [6, 6.07) is 2.29. The van der Waals surface area contributed by atoms with Gasteiger partial charge in [0, 0.05) is 18.3 Å². The highest BCUT2D eigenvalue weighted by Crippen LogP contribution is 2.33. The van der Waals surface area contributed by atoms with Gasteiger partial charge in [-0.3, -0.25) is 0 Å². The molecule has 1 aliphatic carbocycles. The maximum absolute atomic E-state index is 5.70. The van der Waals surface area contributed by atoms with E-state index in [2.05, 4.69) is 25.7 Å². The third-order valence-corrected chi connectivity index (χ3v) is 4.30. The number of hydrogen-bond donors (Lipinski definition) is 1. The van der Waals surface area contributed by atoms with E-state index in [9.17, 15) is 0 Å². The molecule has 3 rings (SSSR count). The normalized spacial score (nSPS) is 16.1. The summed E-state index contributed by atoms with van der Waals surface area (Å²) in [6.07, 6.45) is 6.42.